The minimum Gasteiger partial charge on any atom is -0.355 e. The van der Waals surface area contributed by atoms with E-state index in [9.17, 15) is 19.7 Å². The minimum absolute atomic E-state index is 0.144. The molecule has 0 aliphatic rings. The molecule has 0 aliphatic carbocycles. The second-order valence-electron chi connectivity index (χ2n) is 3.90. The van der Waals surface area contributed by atoms with E-state index in [1.54, 1.807) is 13.8 Å². The SMILES string of the molecule is CCNC(=O)C(C)NC(=O)c1cccc([N+](=O)[O-])c1. The first-order valence-electron chi connectivity index (χ1n) is 5.78. The second kappa shape index (κ2) is 6.48. The van der Waals surface area contributed by atoms with Crippen LogP contribution in [0, 0.1) is 10.1 Å². The number of nitrogens with one attached hydrogen (secondary N) is 2. The number of carbonyl (C=O) groups is 2. The number of nitro benzene ring substituents is 1. The summed E-state index contributed by atoms with van der Waals surface area (Å²) in [7, 11) is 0. The number of amides is 2. The van der Waals surface area contributed by atoms with Gasteiger partial charge in [-0.25, -0.2) is 0 Å². The number of likely N-dealkylation sites (N-methyl/N-ethyl adjacent to an activating group) is 1. The zero-order valence-corrected chi connectivity index (χ0v) is 10.7. The molecule has 19 heavy (non-hydrogen) atoms. The molecular formula is C12H15N3O4. The summed E-state index contributed by atoms with van der Waals surface area (Å²) in [5.74, 6) is -0.830. The maximum Gasteiger partial charge on any atom is 0.270 e. The van der Waals surface area contributed by atoms with Gasteiger partial charge in [-0.3, -0.25) is 19.7 Å². The monoisotopic (exact) mass is 265 g/mol. The molecule has 1 unspecified atom stereocenters. The Labute approximate surface area is 110 Å². The van der Waals surface area contributed by atoms with E-state index in [2.05, 4.69) is 10.6 Å². The van der Waals surface area contributed by atoms with Crippen molar-refractivity contribution in [1.82, 2.24) is 10.6 Å². The van der Waals surface area contributed by atoms with Crippen molar-refractivity contribution < 1.29 is 14.5 Å². The molecule has 0 bridgehead atoms. The van der Waals surface area contributed by atoms with Gasteiger partial charge in [0.15, 0.2) is 0 Å². The Morgan fingerprint density at radius 3 is 2.68 bits per heavy atom. The predicted octanol–water partition coefficient (Wildman–Crippen LogP) is 0.849. The summed E-state index contributed by atoms with van der Waals surface area (Å²) in [6.07, 6.45) is 0. The van der Waals surface area contributed by atoms with Crippen LogP contribution in [0.5, 0.6) is 0 Å². The lowest BCUT2D eigenvalue weighted by atomic mass is 10.1. The van der Waals surface area contributed by atoms with Gasteiger partial charge in [-0.2, -0.15) is 0 Å². The van der Waals surface area contributed by atoms with E-state index < -0.39 is 16.9 Å². The van der Waals surface area contributed by atoms with E-state index in [4.69, 9.17) is 0 Å². The lowest BCUT2D eigenvalue weighted by molar-refractivity contribution is -0.384. The van der Waals surface area contributed by atoms with Crippen LogP contribution in [0.2, 0.25) is 0 Å². The molecule has 2 N–H and O–H groups in total. The van der Waals surface area contributed by atoms with Crippen LogP contribution in [0.3, 0.4) is 0 Å². The topological polar surface area (TPSA) is 101 Å². The predicted molar refractivity (Wildman–Crippen MR) is 68.7 cm³/mol. The molecule has 2 amide bonds. The molecule has 7 nitrogen and oxygen atoms in total. The summed E-state index contributed by atoms with van der Waals surface area (Å²) < 4.78 is 0. The summed E-state index contributed by atoms with van der Waals surface area (Å²) in [5.41, 5.74) is -0.0244. The van der Waals surface area contributed by atoms with Gasteiger partial charge in [0.05, 0.1) is 4.92 Å². The fourth-order valence-electron chi connectivity index (χ4n) is 1.43. The normalized spacial score (nSPS) is 11.5. The molecule has 1 rings (SSSR count). The van der Waals surface area contributed by atoms with E-state index in [0.29, 0.717) is 6.54 Å². The van der Waals surface area contributed by atoms with Crippen LogP contribution in [-0.2, 0) is 4.79 Å². The highest BCUT2D eigenvalue weighted by atomic mass is 16.6. The Kier molecular flexibility index (Phi) is 4.99. The highest BCUT2D eigenvalue weighted by Gasteiger charge is 2.17. The molecule has 7 heteroatoms. The molecule has 0 fully saturated rings. The molecule has 0 spiro atoms. The van der Waals surface area contributed by atoms with Crippen LogP contribution in [0.1, 0.15) is 24.2 Å². The van der Waals surface area contributed by atoms with Gasteiger partial charge in [0.2, 0.25) is 5.91 Å². The van der Waals surface area contributed by atoms with Gasteiger partial charge in [0.25, 0.3) is 11.6 Å². The number of rotatable bonds is 5. The lowest BCUT2D eigenvalue weighted by Crippen LogP contribution is -2.44. The Bertz CT molecular complexity index is 502. The molecule has 1 aromatic carbocycles. The molecule has 0 radical (unpaired) electrons. The number of benzene rings is 1. The van der Waals surface area contributed by atoms with Gasteiger partial charge in [-0.1, -0.05) is 6.07 Å². The summed E-state index contributed by atoms with van der Waals surface area (Å²) in [4.78, 5) is 33.3. The van der Waals surface area contributed by atoms with Crippen LogP contribution < -0.4 is 10.6 Å². The summed E-state index contributed by atoms with van der Waals surface area (Å²) in [5, 5.41) is 15.6. The number of hydrogen-bond acceptors (Lipinski definition) is 4. The highest BCUT2D eigenvalue weighted by molar-refractivity contribution is 5.97. The highest BCUT2D eigenvalue weighted by Crippen LogP contribution is 2.12. The van der Waals surface area contributed by atoms with Crippen molar-refractivity contribution in [2.45, 2.75) is 19.9 Å². The molecule has 0 saturated carbocycles. The molecule has 1 aromatic rings. The van der Waals surface area contributed by atoms with E-state index >= 15 is 0 Å². The van der Waals surface area contributed by atoms with Gasteiger partial charge >= 0.3 is 0 Å². The largest absolute Gasteiger partial charge is 0.355 e. The van der Waals surface area contributed by atoms with Gasteiger partial charge in [-0.15, -0.1) is 0 Å². The van der Waals surface area contributed by atoms with Crippen LogP contribution in [0.25, 0.3) is 0 Å². The van der Waals surface area contributed by atoms with Crippen molar-refractivity contribution in [2.75, 3.05) is 6.54 Å². The van der Waals surface area contributed by atoms with Crippen molar-refractivity contribution >= 4 is 17.5 Å². The van der Waals surface area contributed by atoms with Crippen molar-refractivity contribution in [3.63, 3.8) is 0 Å². The Balaban J connectivity index is 2.75. The van der Waals surface area contributed by atoms with Crippen molar-refractivity contribution in [2.24, 2.45) is 0 Å². The third kappa shape index (κ3) is 4.06. The first-order chi connectivity index (χ1) is 8.95. The van der Waals surface area contributed by atoms with Gasteiger partial charge in [-0.05, 0) is 19.9 Å². The average molecular weight is 265 g/mol. The van der Waals surface area contributed by atoms with Crippen LogP contribution in [-0.4, -0.2) is 29.3 Å². The minimum atomic E-state index is -0.702. The Morgan fingerprint density at radius 1 is 1.42 bits per heavy atom. The van der Waals surface area contributed by atoms with Gasteiger partial charge in [0, 0.05) is 24.2 Å². The number of nitrogens with zero attached hydrogens (tertiary/aromatic N) is 1. The van der Waals surface area contributed by atoms with E-state index in [-0.39, 0.29) is 17.2 Å². The third-order valence-electron chi connectivity index (χ3n) is 2.41. The Morgan fingerprint density at radius 2 is 2.11 bits per heavy atom. The Hall–Kier alpha value is -2.44. The zero-order valence-electron chi connectivity index (χ0n) is 10.7. The molecule has 1 atom stereocenters. The summed E-state index contributed by atoms with van der Waals surface area (Å²) in [6.45, 7) is 3.78. The van der Waals surface area contributed by atoms with E-state index in [1.165, 1.54) is 24.3 Å². The molecular weight excluding hydrogens is 250 g/mol. The number of carbonyl (C=O) groups excluding carboxylic acids is 2. The van der Waals surface area contributed by atoms with Gasteiger partial charge < -0.3 is 10.6 Å². The molecule has 0 aromatic heterocycles. The van der Waals surface area contributed by atoms with E-state index in [0.717, 1.165) is 0 Å². The number of hydrogen-bond donors (Lipinski definition) is 2. The quantitative estimate of drug-likeness (QED) is 0.608. The van der Waals surface area contributed by atoms with E-state index in [1.807, 2.05) is 0 Å². The standard InChI is InChI=1S/C12H15N3O4/c1-3-13-11(16)8(2)14-12(17)9-5-4-6-10(7-9)15(18)19/h4-8H,3H2,1-2H3,(H,13,16)(H,14,17). The summed E-state index contributed by atoms with van der Waals surface area (Å²) >= 11 is 0. The first-order valence-corrected chi connectivity index (χ1v) is 5.78. The molecule has 0 saturated heterocycles. The van der Waals surface area contributed by atoms with Crippen molar-refractivity contribution in [3.8, 4) is 0 Å². The van der Waals surface area contributed by atoms with Crippen LogP contribution >= 0.6 is 0 Å². The summed E-state index contributed by atoms with van der Waals surface area (Å²) in [6, 6.07) is 4.63. The molecule has 0 heterocycles. The zero-order chi connectivity index (χ0) is 14.4. The number of non-ortho nitro benzene ring substituents is 1. The smallest absolute Gasteiger partial charge is 0.270 e. The molecule has 102 valence electrons. The van der Waals surface area contributed by atoms with Crippen LogP contribution in [0.15, 0.2) is 24.3 Å². The fraction of sp³-hybridized carbons (Fsp3) is 0.333. The van der Waals surface area contributed by atoms with Crippen molar-refractivity contribution in [3.05, 3.63) is 39.9 Å². The average Bonchev–Trinajstić information content (AvgIpc) is 2.39. The fourth-order valence-corrected chi connectivity index (χ4v) is 1.43. The lowest BCUT2D eigenvalue weighted by Gasteiger charge is -2.13. The first kappa shape index (κ1) is 14.6. The van der Waals surface area contributed by atoms with Gasteiger partial charge in [0.1, 0.15) is 6.04 Å². The van der Waals surface area contributed by atoms with Crippen LogP contribution in [0.4, 0.5) is 5.69 Å². The van der Waals surface area contributed by atoms with Crippen molar-refractivity contribution in [1.29, 1.82) is 0 Å². The maximum atomic E-state index is 11.8. The molecule has 0 aliphatic heterocycles. The second-order valence-corrected chi connectivity index (χ2v) is 3.90. The number of nitro groups is 1. The maximum absolute atomic E-state index is 11.8. The third-order valence-corrected chi connectivity index (χ3v) is 2.41.